The molecule has 0 atom stereocenters. The summed E-state index contributed by atoms with van der Waals surface area (Å²) < 4.78 is 14.0. The van der Waals surface area contributed by atoms with Crippen molar-refractivity contribution in [1.82, 2.24) is 0 Å². The van der Waals surface area contributed by atoms with Gasteiger partial charge in [-0.05, 0) is 74.4 Å². The van der Waals surface area contributed by atoms with Crippen molar-refractivity contribution in [2.24, 2.45) is 4.99 Å². The van der Waals surface area contributed by atoms with E-state index in [0.29, 0.717) is 16.1 Å². The number of rotatable bonds is 4. The first kappa shape index (κ1) is 19.5. The zero-order valence-electron chi connectivity index (χ0n) is 16.6. The molecule has 0 unspecified atom stereocenters. The SMILES string of the molecule is Cc1ccc(NC(=O)c2c(/N=C/c3ccccc3F)sc3c2CCCC3)cc1C. The molecule has 3 aromatic rings. The first-order valence-electron chi connectivity index (χ1n) is 9.84. The molecule has 1 aliphatic carbocycles. The second-order valence-corrected chi connectivity index (χ2v) is 8.51. The lowest BCUT2D eigenvalue weighted by Crippen LogP contribution is -2.15. The van der Waals surface area contributed by atoms with Gasteiger partial charge in [-0.25, -0.2) is 9.38 Å². The predicted molar refractivity (Wildman–Crippen MR) is 118 cm³/mol. The first-order valence-corrected chi connectivity index (χ1v) is 10.7. The van der Waals surface area contributed by atoms with Crippen LogP contribution >= 0.6 is 11.3 Å². The highest BCUT2D eigenvalue weighted by Gasteiger charge is 2.25. The van der Waals surface area contributed by atoms with Crippen LogP contribution in [-0.2, 0) is 12.8 Å². The van der Waals surface area contributed by atoms with Gasteiger partial charge in [0.25, 0.3) is 5.91 Å². The zero-order chi connectivity index (χ0) is 20.4. The summed E-state index contributed by atoms with van der Waals surface area (Å²) in [5, 5.41) is 3.69. The van der Waals surface area contributed by atoms with E-state index in [1.165, 1.54) is 22.7 Å². The van der Waals surface area contributed by atoms with Crippen LogP contribution in [0.4, 0.5) is 15.1 Å². The lowest BCUT2D eigenvalue weighted by Gasteiger charge is -2.13. The average molecular weight is 407 g/mol. The lowest BCUT2D eigenvalue weighted by molar-refractivity contribution is 0.102. The minimum atomic E-state index is -0.321. The number of benzene rings is 2. The van der Waals surface area contributed by atoms with Gasteiger partial charge in [-0.15, -0.1) is 11.3 Å². The van der Waals surface area contributed by atoms with E-state index < -0.39 is 0 Å². The molecule has 0 saturated heterocycles. The van der Waals surface area contributed by atoms with E-state index in [0.717, 1.165) is 42.5 Å². The Bertz CT molecular complexity index is 1100. The van der Waals surface area contributed by atoms with Crippen LogP contribution in [0.25, 0.3) is 0 Å². The van der Waals surface area contributed by atoms with Crippen LogP contribution in [0.15, 0.2) is 47.5 Å². The van der Waals surface area contributed by atoms with Crippen molar-refractivity contribution in [2.45, 2.75) is 39.5 Å². The molecule has 0 fully saturated rings. The number of anilines is 1. The number of carbonyl (C=O) groups excluding carboxylic acids is 1. The van der Waals surface area contributed by atoms with Crippen molar-refractivity contribution in [2.75, 3.05) is 5.32 Å². The molecule has 2 aromatic carbocycles. The number of hydrogen-bond acceptors (Lipinski definition) is 3. The van der Waals surface area contributed by atoms with E-state index in [1.807, 2.05) is 32.0 Å². The summed E-state index contributed by atoms with van der Waals surface area (Å²) >= 11 is 1.55. The van der Waals surface area contributed by atoms with Crippen LogP contribution in [0.1, 0.15) is 50.3 Å². The molecule has 1 aliphatic rings. The molecular formula is C24H23FN2OS. The molecule has 148 valence electrons. The van der Waals surface area contributed by atoms with Crippen molar-refractivity contribution < 1.29 is 9.18 Å². The van der Waals surface area contributed by atoms with E-state index in [9.17, 15) is 9.18 Å². The minimum absolute atomic E-state index is 0.145. The summed E-state index contributed by atoms with van der Waals surface area (Å²) in [5.41, 5.74) is 5.25. The number of nitrogens with one attached hydrogen (secondary N) is 1. The summed E-state index contributed by atoms with van der Waals surface area (Å²) in [6.07, 6.45) is 5.57. The molecule has 0 radical (unpaired) electrons. The molecule has 0 aliphatic heterocycles. The number of thiophene rings is 1. The second-order valence-electron chi connectivity index (χ2n) is 7.42. The van der Waals surface area contributed by atoms with Crippen LogP contribution in [0.2, 0.25) is 0 Å². The monoisotopic (exact) mass is 406 g/mol. The van der Waals surface area contributed by atoms with Gasteiger partial charge in [0.2, 0.25) is 0 Å². The van der Waals surface area contributed by atoms with E-state index in [2.05, 4.69) is 10.3 Å². The third kappa shape index (κ3) is 4.15. The van der Waals surface area contributed by atoms with E-state index >= 15 is 0 Å². The summed E-state index contributed by atoms with van der Waals surface area (Å²) in [7, 11) is 0. The third-order valence-corrected chi connectivity index (χ3v) is 6.57. The second kappa shape index (κ2) is 8.29. The Morgan fingerprint density at radius 3 is 2.69 bits per heavy atom. The molecule has 1 amide bonds. The van der Waals surface area contributed by atoms with Crippen LogP contribution < -0.4 is 5.32 Å². The van der Waals surface area contributed by atoms with Gasteiger partial charge in [0.15, 0.2) is 0 Å². The molecular weight excluding hydrogens is 383 g/mol. The number of hydrogen-bond donors (Lipinski definition) is 1. The quantitative estimate of drug-likeness (QED) is 0.502. The van der Waals surface area contributed by atoms with E-state index in [4.69, 9.17) is 0 Å². The van der Waals surface area contributed by atoms with E-state index in [1.54, 1.807) is 29.5 Å². The number of fused-ring (bicyclic) bond motifs is 1. The van der Waals surface area contributed by atoms with Crippen LogP contribution in [-0.4, -0.2) is 12.1 Å². The Balaban J connectivity index is 1.69. The molecule has 0 bridgehead atoms. The Morgan fingerprint density at radius 2 is 1.90 bits per heavy atom. The van der Waals surface area contributed by atoms with Crippen LogP contribution in [0.3, 0.4) is 0 Å². The topological polar surface area (TPSA) is 41.5 Å². The first-order chi connectivity index (χ1) is 14.0. The number of nitrogens with zero attached hydrogens (tertiary/aromatic N) is 1. The van der Waals surface area contributed by atoms with Gasteiger partial charge in [0.05, 0.1) is 5.56 Å². The van der Waals surface area contributed by atoms with Gasteiger partial charge in [-0.1, -0.05) is 24.3 Å². The van der Waals surface area contributed by atoms with E-state index in [-0.39, 0.29) is 11.7 Å². The molecule has 4 rings (SSSR count). The number of amides is 1. The van der Waals surface area contributed by atoms with Crippen molar-refractivity contribution in [1.29, 1.82) is 0 Å². The molecule has 29 heavy (non-hydrogen) atoms. The van der Waals surface area contributed by atoms with Gasteiger partial charge in [0, 0.05) is 22.3 Å². The zero-order valence-corrected chi connectivity index (χ0v) is 17.4. The lowest BCUT2D eigenvalue weighted by atomic mass is 9.95. The predicted octanol–water partition coefficient (Wildman–Crippen LogP) is 6.39. The summed E-state index contributed by atoms with van der Waals surface area (Å²) in [6, 6.07) is 12.4. The summed E-state index contributed by atoms with van der Waals surface area (Å²) in [5.74, 6) is -0.466. The molecule has 1 aromatic heterocycles. The Kier molecular flexibility index (Phi) is 5.58. The number of aliphatic imine (C=N–C) groups is 1. The molecule has 5 heteroatoms. The average Bonchev–Trinajstić information content (AvgIpc) is 3.08. The highest BCUT2D eigenvalue weighted by atomic mass is 32.1. The smallest absolute Gasteiger partial charge is 0.259 e. The fourth-order valence-electron chi connectivity index (χ4n) is 3.60. The highest BCUT2D eigenvalue weighted by molar-refractivity contribution is 7.16. The largest absolute Gasteiger partial charge is 0.322 e. The van der Waals surface area contributed by atoms with Crippen LogP contribution in [0, 0.1) is 19.7 Å². The fraction of sp³-hybridized carbons (Fsp3) is 0.250. The maximum Gasteiger partial charge on any atom is 0.259 e. The van der Waals surface area contributed by atoms with Crippen molar-refractivity contribution in [3.8, 4) is 0 Å². The van der Waals surface area contributed by atoms with Crippen LogP contribution in [0.5, 0.6) is 0 Å². The molecule has 0 saturated carbocycles. The molecule has 0 spiro atoms. The van der Waals surface area contributed by atoms with Gasteiger partial charge >= 0.3 is 0 Å². The van der Waals surface area contributed by atoms with Gasteiger partial charge in [0.1, 0.15) is 10.8 Å². The summed E-state index contributed by atoms with van der Waals surface area (Å²) in [4.78, 5) is 18.9. The minimum Gasteiger partial charge on any atom is -0.322 e. The Hall–Kier alpha value is -2.79. The van der Waals surface area contributed by atoms with Gasteiger partial charge < -0.3 is 5.32 Å². The molecule has 1 N–H and O–H groups in total. The van der Waals surface area contributed by atoms with Crippen molar-refractivity contribution in [3.05, 3.63) is 81.0 Å². The third-order valence-electron chi connectivity index (χ3n) is 5.37. The fourth-order valence-corrected chi connectivity index (χ4v) is 4.83. The van der Waals surface area contributed by atoms with Gasteiger partial charge in [-0.3, -0.25) is 4.79 Å². The number of halogens is 1. The Morgan fingerprint density at radius 1 is 1.10 bits per heavy atom. The molecule has 1 heterocycles. The van der Waals surface area contributed by atoms with Crippen molar-refractivity contribution in [3.63, 3.8) is 0 Å². The normalized spacial score (nSPS) is 13.5. The maximum absolute atomic E-state index is 14.0. The van der Waals surface area contributed by atoms with Gasteiger partial charge in [-0.2, -0.15) is 0 Å². The summed E-state index contributed by atoms with van der Waals surface area (Å²) in [6.45, 7) is 4.08. The Labute approximate surface area is 174 Å². The maximum atomic E-state index is 14.0. The molecule has 3 nitrogen and oxygen atoms in total. The highest BCUT2D eigenvalue weighted by Crippen LogP contribution is 2.40. The van der Waals surface area contributed by atoms with Crippen molar-refractivity contribution >= 4 is 34.1 Å². The number of carbonyl (C=O) groups is 1. The number of aryl methyl sites for hydroxylation is 3. The standard InChI is InChI=1S/C24H23FN2OS/c1-15-11-12-18(13-16(15)2)27-23(28)22-19-8-4-6-10-21(19)29-24(22)26-14-17-7-3-5-9-20(17)25/h3,5,7,9,11-14H,4,6,8,10H2,1-2H3,(H,27,28)/b26-14+.